The molecule has 3 aromatic rings. The number of aromatic nitrogens is 3. The molecular weight excluding hydrogens is 505 g/mol. The SMILES string of the molecule is Cc1cc(Nc2nccc(C(F)(F)F)n2)cc(-c2cnc(CCCC3(O)CCCN(C(N)=O)CC3)s2)c1. The second-order valence-electron chi connectivity index (χ2n) is 9.35. The van der Waals surface area contributed by atoms with E-state index in [1.165, 1.54) is 11.3 Å². The van der Waals surface area contributed by atoms with Gasteiger partial charge in [-0.05, 0) is 74.8 Å². The molecule has 1 aliphatic heterocycles. The van der Waals surface area contributed by atoms with Gasteiger partial charge in [-0.2, -0.15) is 13.2 Å². The Morgan fingerprint density at radius 3 is 2.81 bits per heavy atom. The van der Waals surface area contributed by atoms with Crippen LogP contribution in [0.1, 0.15) is 48.4 Å². The summed E-state index contributed by atoms with van der Waals surface area (Å²) in [5.74, 6) is -0.133. The second kappa shape index (κ2) is 11.0. The highest BCUT2D eigenvalue weighted by Gasteiger charge is 2.33. The number of hydrogen-bond donors (Lipinski definition) is 3. The van der Waals surface area contributed by atoms with E-state index in [9.17, 15) is 23.1 Å². The first-order chi connectivity index (χ1) is 17.5. The first-order valence-electron chi connectivity index (χ1n) is 12.0. The number of rotatable bonds is 7. The topological polar surface area (TPSA) is 117 Å². The predicted octanol–water partition coefficient (Wildman–Crippen LogP) is 5.29. The van der Waals surface area contributed by atoms with Crippen molar-refractivity contribution >= 4 is 29.0 Å². The largest absolute Gasteiger partial charge is 0.433 e. The fourth-order valence-corrected chi connectivity index (χ4v) is 5.43. The maximum Gasteiger partial charge on any atom is 0.433 e. The molecule has 1 fully saturated rings. The van der Waals surface area contributed by atoms with Gasteiger partial charge in [0.1, 0.15) is 5.69 Å². The summed E-state index contributed by atoms with van der Waals surface area (Å²) < 4.78 is 38.9. The number of carbonyl (C=O) groups excluding carboxylic acids is 1. The number of nitrogens with zero attached hydrogens (tertiary/aromatic N) is 4. The number of halogens is 3. The van der Waals surface area contributed by atoms with Crippen molar-refractivity contribution < 1.29 is 23.1 Å². The van der Waals surface area contributed by atoms with Crippen molar-refractivity contribution in [3.63, 3.8) is 0 Å². The van der Waals surface area contributed by atoms with Gasteiger partial charge < -0.3 is 21.1 Å². The first kappa shape index (κ1) is 26.8. The lowest BCUT2D eigenvalue weighted by molar-refractivity contribution is -0.141. The third kappa shape index (κ3) is 7.16. The fraction of sp³-hybridized carbons (Fsp3) is 0.440. The quantitative estimate of drug-likeness (QED) is 0.379. The van der Waals surface area contributed by atoms with Crippen molar-refractivity contribution in [2.24, 2.45) is 5.73 Å². The third-order valence-electron chi connectivity index (χ3n) is 6.38. The number of aryl methyl sites for hydroxylation is 2. The average Bonchev–Trinajstić information content (AvgIpc) is 3.20. The maximum absolute atomic E-state index is 13.0. The number of nitrogens with two attached hydrogens (primary N) is 1. The van der Waals surface area contributed by atoms with Gasteiger partial charge in [0.05, 0.1) is 15.5 Å². The van der Waals surface area contributed by atoms with Crippen molar-refractivity contribution in [1.29, 1.82) is 0 Å². The van der Waals surface area contributed by atoms with Crippen molar-refractivity contribution in [3.8, 4) is 10.4 Å². The number of amides is 2. The molecule has 198 valence electrons. The molecule has 1 saturated heterocycles. The summed E-state index contributed by atoms with van der Waals surface area (Å²) in [5, 5.41) is 14.8. The fourth-order valence-electron chi connectivity index (χ4n) is 4.48. The Morgan fingerprint density at radius 2 is 2.05 bits per heavy atom. The molecule has 0 aliphatic carbocycles. The van der Waals surface area contributed by atoms with Crippen LogP contribution in [0.2, 0.25) is 0 Å². The normalized spacial score (nSPS) is 18.5. The van der Waals surface area contributed by atoms with Gasteiger partial charge in [-0.1, -0.05) is 6.07 Å². The van der Waals surface area contributed by atoms with Crippen LogP contribution in [-0.4, -0.2) is 49.7 Å². The molecule has 1 aromatic carbocycles. The molecule has 4 rings (SSSR count). The second-order valence-corrected chi connectivity index (χ2v) is 10.5. The van der Waals surface area contributed by atoms with Crippen LogP contribution in [0.3, 0.4) is 0 Å². The van der Waals surface area contributed by atoms with Gasteiger partial charge in [0, 0.05) is 31.2 Å². The lowest BCUT2D eigenvalue weighted by Crippen LogP contribution is -2.37. The molecule has 8 nitrogen and oxygen atoms in total. The van der Waals surface area contributed by atoms with Crippen molar-refractivity contribution in [2.75, 3.05) is 18.4 Å². The molecule has 1 aliphatic rings. The Hall–Kier alpha value is -3.25. The molecule has 12 heteroatoms. The lowest BCUT2D eigenvalue weighted by Gasteiger charge is -2.26. The molecule has 1 atom stereocenters. The van der Waals surface area contributed by atoms with E-state index in [0.29, 0.717) is 44.5 Å². The molecule has 2 aromatic heterocycles. The van der Waals surface area contributed by atoms with E-state index in [4.69, 9.17) is 5.73 Å². The Bertz CT molecular complexity index is 1250. The molecule has 37 heavy (non-hydrogen) atoms. The van der Waals surface area contributed by atoms with E-state index in [1.54, 1.807) is 11.1 Å². The maximum atomic E-state index is 13.0. The molecule has 0 radical (unpaired) electrons. The lowest BCUT2D eigenvalue weighted by atomic mass is 9.89. The summed E-state index contributed by atoms with van der Waals surface area (Å²) in [5.41, 5.74) is 5.93. The van der Waals surface area contributed by atoms with E-state index < -0.39 is 23.5 Å². The van der Waals surface area contributed by atoms with Gasteiger partial charge >= 0.3 is 12.2 Å². The highest BCUT2D eigenvalue weighted by molar-refractivity contribution is 7.15. The number of benzene rings is 1. The predicted molar refractivity (Wildman–Crippen MR) is 135 cm³/mol. The van der Waals surface area contributed by atoms with Crippen LogP contribution in [0.15, 0.2) is 36.7 Å². The van der Waals surface area contributed by atoms with Crippen LogP contribution >= 0.6 is 11.3 Å². The number of alkyl halides is 3. The minimum atomic E-state index is -4.55. The van der Waals surface area contributed by atoms with Gasteiger partial charge in [-0.25, -0.2) is 19.7 Å². The number of urea groups is 1. The van der Waals surface area contributed by atoms with Gasteiger partial charge in [-0.15, -0.1) is 11.3 Å². The van der Waals surface area contributed by atoms with Crippen LogP contribution in [-0.2, 0) is 12.6 Å². The molecular formula is C25H29F3N6O2S. The van der Waals surface area contributed by atoms with E-state index in [-0.39, 0.29) is 5.95 Å². The van der Waals surface area contributed by atoms with Crippen molar-refractivity contribution in [1.82, 2.24) is 19.9 Å². The number of hydrogen-bond acceptors (Lipinski definition) is 7. The highest BCUT2D eigenvalue weighted by Crippen LogP contribution is 2.33. The molecule has 0 spiro atoms. The minimum absolute atomic E-state index is 0.133. The number of likely N-dealkylation sites (tertiary alicyclic amines) is 1. The monoisotopic (exact) mass is 534 g/mol. The summed E-state index contributed by atoms with van der Waals surface area (Å²) >= 11 is 1.54. The molecule has 4 N–H and O–H groups in total. The number of anilines is 2. The number of nitrogens with one attached hydrogen (secondary N) is 1. The smallest absolute Gasteiger partial charge is 0.390 e. The zero-order valence-electron chi connectivity index (χ0n) is 20.4. The minimum Gasteiger partial charge on any atom is -0.390 e. The zero-order valence-corrected chi connectivity index (χ0v) is 21.2. The van der Waals surface area contributed by atoms with Crippen LogP contribution in [0.5, 0.6) is 0 Å². The Morgan fingerprint density at radius 1 is 1.24 bits per heavy atom. The van der Waals surface area contributed by atoms with E-state index in [2.05, 4.69) is 20.3 Å². The summed E-state index contributed by atoms with van der Waals surface area (Å²) in [6.07, 6.45) is 2.25. The standard InChI is InChI=1S/C25H29F3N6O2S/c1-16-12-17(14-18(13-16)32-23-30-9-5-20(33-23)25(26,27)28)19-15-31-21(37-19)4-2-6-24(36)7-3-10-34(11-8-24)22(29)35/h5,9,12-15,36H,2-4,6-8,10-11H2,1H3,(H2,29,35)(H,30,32,33). The number of thiazole rings is 1. The first-order valence-corrected chi connectivity index (χ1v) is 12.8. The summed E-state index contributed by atoms with van der Waals surface area (Å²) in [6.45, 7) is 2.93. The van der Waals surface area contributed by atoms with Crippen molar-refractivity contribution in [2.45, 2.75) is 57.2 Å². The van der Waals surface area contributed by atoms with Crippen LogP contribution in [0.25, 0.3) is 10.4 Å². The van der Waals surface area contributed by atoms with E-state index >= 15 is 0 Å². The van der Waals surface area contributed by atoms with E-state index in [1.807, 2.05) is 25.1 Å². The number of primary amides is 1. The van der Waals surface area contributed by atoms with Gasteiger partial charge in [-0.3, -0.25) is 0 Å². The number of carbonyl (C=O) groups is 1. The molecule has 1 unspecified atom stereocenters. The summed E-state index contributed by atoms with van der Waals surface area (Å²) in [7, 11) is 0. The Balaban J connectivity index is 1.39. The number of aliphatic hydroxyl groups is 1. The van der Waals surface area contributed by atoms with Gasteiger partial charge in [0.2, 0.25) is 5.95 Å². The van der Waals surface area contributed by atoms with Crippen LogP contribution in [0, 0.1) is 6.92 Å². The Kier molecular flexibility index (Phi) is 7.98. The molecule has 0 saturated carbocycles. The average molecular weight is 535 g/mol. The van der Waals surface area contributed by atoms with Gasteiger partial charge in [0.15, 0.2) is 0 Å². The zero-order chi connectivity index (χ0) is 26.6. The third-order valence-corrected chi connectivity index (χ3v) is 7.49. The van der Waals surface area contributed by atoms with Crippen LogP contribution in [0.4, 0.5) is 29.6 Å². The molecule has 2 amide bonds. The van der Waals surface area contributed by atoms with Gasteiger partial charge in [0.25, 0.3) is 0 Å². The Labute approximate surface area is 216 Å². The molecule has 3 heterocycles. The summed E-state index contributed by atoms with van der Waals surface area (Å²) in [4.78, 5) is 25.9. The van der Waals surface area contributed by atoms with Crippen LogP contribution < -0.4 is 11.1 Å². The molecule has 0 bridgehead atoms. The summed E-state index contributed by atoms with van der Waals surface area (Å²) in [6, 6.07) is 6.00. The van der Waals surface area contributed by atoms with Crippen molar-refractivity contribution in [3.05, 3.63) is 52.9 Å². The highest BCUT2D eigenvalue weighted by atomic mass is 32.1. The van der Waals surface area contributed by atoms with E-state index in [0.717, 1.165) is 46.1 Å².